The molecule has 1 aromatic carbocycles. The van der Waals surface area contributed by atoms with Crippen LogP contribution in [0.4, 0.5) is 0 Å². The average molecular weight is 327 g/mol. The van der Waals surface area contributed by atoms with Crippen LogP contribution in [0, 0.1) is 0 Å². The van der Waals surface area contributed by atoms with Gasteiger partial charge >= 0.3 is 5.97 Å². The van der Waals surface area contributed by atoms with Crippen molar-refractivity contribution in [3.05, 3.63) is 46.7 Å². The molecule has 0 aliphatic carbocycles. The molecule has 0 amide bonds. The third-order valence-electron chi connectivity index (χ3n) is 2.30. The predicted molar refractivity (Wildman–Crippen MR) is 73.8 cm³/mol. The van der Waals surface area contributed by atoms with Gasteiger partial charge in [-0.1, -0.05) is 45.9 Å². The fourth-order valence-corrected chi connectivity index (χ4v) is 2.58. The second kappa shape index (κ2) is 6.06. The van der Waals surface area contributed by atoms with Crippen LogP contribution in [-0.4, -0.2) is 26.4 Å². The smallest absolute Gasteiger partial charge is 0.313 e. The van der Waals surface area contributed by atoms with E-state index in [1.807, 2.05) is 35.0 Å². The van der Waals surface area contributed by atoms with Gasteiger partial charge in [0.1, 0.15) is 0 Å². The predicted octanol–water partition coefficient (Wildman–Crippen LogP) is 2.87. The number of hydrogen-bond acceptors (Lipinski definition) is 3. The number of rotatable bonds is 5. The van der Waals surface area contributed by atoms with E-state index < -0.39 is 5.97 Å². The van der Waals surface area contributed by atoms with Crippen molar-refractivity contribution in [2.75, 3.05) is 5.75 Å². The van der Waals surface area contributed by atoms with E-state index in [0.717, 1.165) is 10.0 Å². The molecule has 6 heteroatoms. The lowest BCUT2D eigenvalue weighted by Crippen LogP contribution is -2.04. The van der Waals surface area contributed by atoms with Gasteiger partial charge in [-0.2, -0.15) is 0 Å². The zero-order valence-corrected chi connectivity index (χ0v) is 11.8. The van der Waals surface area contributed by atoms with Crippen LogP contribution < -0.4 is 0 Å². The van der Waals surface area contributed by atoms with Crippen molar-refractivity contribution in [2.45, 2.75) is 11.7 Å². The Morgan fingerprint density at radius 1 is 1.44 bits per heavy atom. The van der Waals surface area contributed by atoms with E-state index in [1.54, 1.807) is 6.20 Å². The molecule has 0 aliphatic rings. The largest absolute Gasteiger partial charge is 0.481 e. The van der Waals surface area contributed by atoms with Gasteiger partial charge in [-0.3, -0.25) is 4.79 Å². The van der Waals surface area contributed by atoms with Crippen LogP contribution in [0.2, 0.25) is 0 Å². The molecule has 0 radical (unpaired) electrons. The summed E-state index contributed by atoms with van der Waals surface area (Å²) in [6, 6.07) is 7.94. The Bertz CT molecular complexity index is 557. The summed E-state index contributed by atoms with van der Waals surface area (Å²) < 4.78 is 2.97. The van der Waals surface area contributed by atoms with Gasteiger partial charge in [0, 0.05) is 16.9 Å². The van der Waals surface area contributed by atoms with E-state index >= 15 is 0 Å². The van der Waals surface area contributed by atoms with Crippen molar-refractivity contribution in [3.63, 3.8) is 0 Å². The molecule has 1 N–H and O–H groups in total. The standard InChI is InChI=1S/C12H11BrN2O2S/c13-10-4-2-1-3-9(10)7-15-6-5-14-12(15)18-8-11(16)17/h1-6H,7-8H2,(H,16,17). The maximum absolute atomic E-state index is 10.6. The molecule has 0 spiro atoms. The summed E-state index contributed by atoms with van der Waals surface area (Å²) in [6.07, 6.45) is 3.53. The number of nitrogens with zero attached hydrogens (tertiary/aromatic N) is 2. The zero-order valence-electron chi connectivity index (χ0n) is 9.41. The van der Waals surface area contributed by atoms with E-state index in [-0.39, 0.29) is 5.75 Å². The molecule has 0 bridgehead atoms. The first-order valence-corrected chi connectivity index (χ1v) is 7.04. The number of imidazole rings is 1. The molecule has 0 fully saturated rings. The molecule has 0 aliphatic heterocycles. The number of thioether (sulfide) groups is 1. The Labute approximate surface area is 117 Å². The van der Waals surface area contributed by atoms with Gasteiger partial charge in [0.2, 0.25) is 0 Å². The summed E-state index contributed by atoms with van der Waals surface area (Å²) in [7, 11) is 0. The van der Waals surface area contributed by atoms with Crippen molar-refractivity contribution < 1.29 is 9.90 Å². The third kappa shape index (κ3) is 3.36. The molecular weight excluding hydrogens is 316 g/mol. The lowest BCUT2D eigenvalue weighted by atomic mass is 10.2. The normalized spacial score (nSPS) is 10.5. The summed E-state index contributed by atoms with van der Waals surface area (Å²) in [5.74, 6) is -0.817. The Morgan fingerprint density at radius 2 is 2.22 bits per heavy atom. The van der Waals surface area contributed by atoms with Gasteiger partial charge < -0.3 is 9.67 Å². The van der Waals surface area contributed by atoms with Gasteiger partial charge in [0.15, 0.2) is 5.16 Å². The molecule has 94 valence electrons. The molecule has 4 nitrogen and oxygen atoms in total. The van der Waals surface area contributed by atoms with Crippen molar-refractivity contribution >= 4 is 33.7 Å². The molecule has 0 saturated carbocycles. The maximum atomic E-state index is 10.6. The molecule has 0 saturated heterocycles. The second-order valence-corrected chi connectivity index (χ2v) is 5.41. The highest BCUT2D eigenvalue weighted by Gasteiger charge is 2.08. The lowest BCUT2D eigenvalue weighted by molar-refractivity contribution is -0.133. The molecule has 1 heterocycles. The van der Waals surface area contributed by atoms with Crippen molar-refractivity contribution in [1.29, 1.82) is 0 Å². The van der Waals surface area contributed by atoms with Crippen LogP contribution in [0.3, 0.4) is 0 Å². The second-order valence-electron chi connectivity index (χ2n) is 3.61. The van der Waals surface area contributed by atoms with E-state index in [4.69, 9.17) is 5.11 Å². The van der Waals surface area contributed by atoms with Crippen LogP contribution in [0.5, 0.6) is 0 Å². The first-order chi connectivity index (χ1) is 8.66. The molecule has 0 atom stereocenters. The topological polar surface area (TPSA) is 55.1 Å². The highest BCUT2D eigenvalue weighted by molar-refractivity contribution is 9.10. The Morgan fingerprint density at radius 3 is 2.94 bits per heavy atom. The van der Waals surface area contributed by atoms with Crippen LogP contribution in [0.15, 0.2) is 46.3 Å². The van der Waals surface area contributed by atoms with Crippen LogP contribution in [0.25, 0.3) is 0 Å². The van der Waals surface area contributed by atoms with E-state index in [1.165, 1.54) is 11.8 Å². The Hall–Kier alpha value is -1.27. The summed E-state index contributed by atoms with van der Waals surface area (Å²) in [5.41, 5.74) is 1.13. The van der Waals surface area contributed by atoms with Crippen LogP contribution in [0.1, 0.15) is 5.56 Å². The van der Waals surface area contributed by atoms with E-state index in [0.29, 0.717) is 11.7 Å². The monoisotopic (exact) mass is 326 g/mol. The van der Waals surface area contributed by atoms with Crippen LogP contribution >= 0.6 is 27.7 Å². The molecule has 18 heavy (non-hydrogen) atoms. The van der Waals surface area contributed by atoms with Crippen LogP contribution in [-0.2, 0) is 11.3 Å². The number of hydrogen-bond donors (Lipinski definition) is 1. The van der Waals surface area contributed by atoms with Gasteiger partial charge in [-0.25, -0.2) is 4.98 Å². The number of carbonyl (C=O) groups is 1. The Kier molecular flexibility index (Phi) is 4.43. The summed E-state index contributed by atoms with van der Waals surface area (Å²) in [5, 5.41) is 9.39. The fraction of sp³-hybridized carbons (Fsp3) is 0.167. The van der Waals surface area contributed by atoms with E-state index in [9.17, 15) is 4.79 Å². The number of aliphatic carboxylic acids is 1. The van der Waals surface area contributed by atoms with Gasteiger partial charge in [-0.05, 0) is 11.6 Å². The van der Waals surface area contributed by atoms with Gasteiger partial charge in [-0.15, -0.1) is 0 Å². The summed E-state index contributed by atoms with van der Waals surface area (Å²) in [4.78, 5) is 14.7. The highest BCUT2D eigenvalue weighted by Crippen LogP contribution is 2.21. The number of halogens is 1. The minimum Gasteiger partial charge on any atom is -0.481 e. The Balaban J connectivity index is 2.12. The van der Waals surface area contributed by atoms with Crippen molar-refractivity contribution in [3.8, 4) is 0 Å². The summed E-state index contributed by atoms with van der Waals surface area (Å²) in [6.45, 7) is 0.670. The number of benzene rings is 1. The fourth-order valence-electron chi connectivity index (χ4n) is 1.49. The lowest BCUT2D eigenvalue weighted by Gasteiger charge is -2.08. The molecule has 1 aromatic heterocycles. The SMILES string of the molecule is O=C(O)CSc1nccn1Cc1ccccc1Br. The average Bonchev–Trinajstić information content (AvgIpc) is 2.77. The molecule has 2 rings (SSSR count). The van der Waals surface area contributed by atoms with Gasteiger partial charge in [0.05, 0.1) is 12.3 Å². The van der Waals surface area contributed by atoms with Gasteiger partial charge in [0.25, 0.3) is 0 Å². The number of carboxylic acid groups (broad SMARTS) is 1. The van der Waals surface area contributed by atoms with Crippen molar-refractivity contribution in [1.82, 2.24) is 9.55 Å². The molecular formula is C12H11BrN2O2S. The number of aromatic nitrogens is 2. The molecule has 0 unspecified atom stereocenters. The summed E-state index contributed by atoms with van der Waals surface area (Å²) >= 11 is 4.72. The quantitative estimate of drug-likeness (QED) is 0.858. The first-order valence-electron chi connectivity index (χ1n) is 5.26. The maximum Gasteiger partial charge on any atom is 0.313 e. The van der Waals surface area contributed by atoms with Crippen molar-refractivity contribution in [2.24, 2.45) is 0 Å². The highest BCUT2D eigenvalue weighted by atomic mass is 79.9. The minimum absolute atomic E-state index is 0.0208. The number of carboxylic acids is 1. The first kappa shape index (κ1) is 13.2. The molecule has 2 aromatic rings. The van der Waals surface area contributed by atoms with E-state index in [2.05, 4.69) is 20.9 Å². The zero-order chi connectivity index (χ0) is 13.0. The third-order valence-corrected chi connectivity index (χ3v) is 4.06. The minimum atomic E-state index is -0.838.